The fourth-order valence-electron chi connectivity index (χ4n) is 4.57. The van der Waals surface area contributed by atoms with Crippen molar-refractivity contribution < 1.29 is 19.2 Å². The number of para-hydroxylation sites is 1. The highest BCUT2D eigenvalue weighted by Crippen LogP contribution is 2.55. The highest BCUT2D eigenvalue weighted by molar-refractivity contribution is 6.31. The highest BCUT2D eigenvalue weighted by Gasteiger charge is 2.68. The Hall–Kier alpha value is -3.35. The van der Waals surface area contributed by atoms with Gasteiger partial charge in [0.05, 0.1) is 24.5 Å². The van der Waals surface area contributed by atoms with Crippen molar-refractivity contribution in [2.24, 2.45) is 5.41 Å². The number of carbonyl (C=O) groups excluding carboxylic acids is 2. The molecular formula is C25H21ClN2O4. The number of rotatable bonds is 4. The van der Waals surface area contributed by atoms with Gasteiger partial charge in [-0.15, -0.1) is 0 Å². The first kappa shape index (κ1) is 20.5. The van der Waals surface area contributed by atoms with E-state index in [1.807, 2.05) is 54.6 Å². The molecule has 3 aromatic carbocycles. The summed E-state index contributed by atoms with van der Waals surface area (Å²) in [7, 11) is 1.60. The zero-order valence-electron chi connectivity index (χ0n) is 17.6. The van der Waals surface area contributed by atoms with Crippen LogP contribution in [0.15, 0.2) is 78.9 Å². The molecule has 2 aliphatic heterocycles. The second-order valence-corrected chi connectivity index (χ2v) is 8.50. The predicted molar refractivity (Wildman–Crippen MR) is 122 cm³/mol. The van der Waals surface area contributed by atoms with Crippen LogP contribution in [0.25, 0.3) is 0 Å². The summed E-state index contributed by atoms with van der Waals surface area (Å²) in [5.41, 5.74) is 0.892. The first-order valence-electron chi connectivity index (χ1n) is 10.2. The van der Waals surface area contributed by atoms with Gasteiger partial charge in [0.2, 0.25) is 5.91 Å². The Morgan fingerprint density at radius 1 is 0.938 bits per heavy atom. The number of carbonyl (C=O) groups is 2. The molecule has 0 unspecified atom stereocenters. The molecule has 0 aliphatic carbocycles. The van der Waals surface area contributed by atoms with Crippen molar-refractivity contribution in [2.45, 2.75) is 19.1 Å². The van der Waals surface area contributed by atoms with Gasteiger partial charge in [0.15, 0.2) is 6.10 Å². The van der Waals surface area contributed by atoms with E-state index in [0.717, 1.165) is 11.3 Å². The highest BCUT2D eigenvalue weighted by atomic mass is 35.5. The molecule has 3 atom stereocenters. The van der Waals surface area contributed by atoms with Crippen LogP contribution in [0, 0.1) is 5.41 Å². The van der Waals surface area contributed by atoms with E-state index in [0.29, 0.717) is 16.5 Å². The van der Waals surface area contributed by atoms with Crippen LogP contribution < -0.4 is 14.7 Å². The van der Waals surface area contributed by atoms with Gasteiger partial charge in [-0.25, -0.2) is 9.96 Å². The first-order chi connectivity index (χ1) is 15.4. The number of fused-ring (bicyclic) bond motifs is 1. The molecule has 2 saturated heterocycles. The molecule has 3 aromatic rings. The molecule has 0 radical (unpaired) electrons. The van der Waals surface area contributed by atoms with Crippen molar-refractivity contribution >= 4 is 34.8 Å². The van der Waals surface area contributed by atoms with Gasteiger partial charge in [-0.05, 0) is 55.0 Å². The maximum Gasteiger partial charge on any atom is 0.266 e. The lowest BCUT2D eigenvalue weighted by Crippen LogP contribution is -2.41. The number of halogens is 1. The van der Waals surface area contributed by atoms with Gasteiger partial charge in [-0.3, -0.25) is 14.4 Å². The molecule has 0 N–H and O–H groups in total. The van der Waals surface area contributed by atoms with E-state index < -0.39 is 23.5 Å². The second kappa shape index (κ2) is 7.65. The topological polar surface area (TPSA) is 59.1 Å². The fraction of sp³-hybridized carbons (Fsp3) is 0.200. The normalized spacial score (nSPS) is 24.7. The zero-order valence-corrected chi connectivity index (χ0v) is 18.3. The fourth-order valence-corrected chi connectivity index (χ4v) is 4.76. The molecule has 7 heteroatoms. The number of methoxy groups -OCH3 is 1. The Morgan fingerprint density at radius 2 is 1.62 bits per heavy atom. The van der Waals surface area contributed by atoms with Crippen LogP contribution >= 0.6 is 11.6 Å². The molecule has 2 heterocycles. The van der Waals surface area contributed by atoms with E-state index in [-0.39, 0.29) is 5.91 Å². The number of hydrogen-bond acceptors (Lipinski definition) is 5. The lowest BCUT2D eigenvalue weighted by Gasteiger charge is -2.32. The monoisotopic (exact) mass is 448 g/mol. The van der Waals surface area contributed by atoms with Crippen LogP contribution in [0.4, 0.5) is 11.4 Å². The summed E-state index contributed by atoms with van der Waals surface area (Å²) in [6.45, 7) is 1.79. The van der Waals surface area contributed by atoms with Gasteiger partial charge >= 0.3 is 0 Å². The molecule has 0 spiro atoms. The van der Waals surface area contributed by atoms with Crippen LogP contribution in [0.2, 0.25) is 5.02 Å². The van der Waals surface area contributed by atoms with Crippen LogP contribution in [0.5, 0.6) is 5.75 Å². The Bertz CT molecular complexity index is 1180. The Balaban J connectivity index is 1.63. The molecule has 0 saturated carbocycles. The largest absolute Gasteiger partial charge is 0.497 e. The van der Waals surface area contributed by atoms with Crippen LogP contribution in [-0.4, -0.2) is 25.0 Å². The van der Waals surface area contributed by atoms with Crippen molar-refractivity contribution in [3.63, 3.8) is 0 Å². The summed E-state index contributed by atoms with van der Waals surface area (Å²) in [5.74, 6) is -0.0271. The SMILES string of the molecule is COc1ccc([C@@H]2N(c3ccccc3)O[C@@H]3C(=O)N(c4cccc(Cl)c4)C(=O)[C@@]32C)cc1. The molecule has 32 heavy (non-hydrogen) atoms. The number of benzene rings is 3. The second-order valence-electron chi connectivity index (χ2n) is 8.06. The van der Waals surface area contributed by atoms with Gasteiger partial charge in [-0.1, -0.05) is 48.0 Å². The minimum absolute atomic E-state index is 0.325. The summed E-state index contributed by atoms with van der Waals surface area (Å²) in [6.07, 6.45) is -0.971. The van der Waals surface area contributed by atoms with E-state index in [1.54, 1.807) is 43.4 Å². The maximum absolute atomic E-state index is 13.8. The molecule has 162 valence electrons. The quantitative estimate of drug-likeness (QED) is 0.537. The molecular weight excluding hydrogens is 428 g/mol. The summed E-state index contributed by atoms with van der Waals surface area (Å²) >= 11 is 6.13. The number of nitrogens with zero attached hydrogens (tertiary/aromatic N) is 2. The molecule has 6 nitrogen and oxygen atoms in total. The van der Waals surface area contributed by atoms with Crippen molar-refractivity contribution in [1.82, 2.24) is 0 Å². The average molecular weight is 449 g/mol. The molecule has 2 fully saturated rings. The van der Waals surface area contributed by atoms with E-state index in [1.165, 1.54) is 4.90 Å². The number of hydrogen-bond donors (Lipinski definition) is 0. The lowest BCUT2D eigenvalue weighted by atomic mass is 9.76. The lowest BCUT2D eigenvalue weighted by molar-refractivity contribution is -0.128. The summed E-state index contributed by atoms with van der Waals surface area (Å²) in [4.78, 5) is 34.7. The van der Waals surface area contributed by atoms with Crippen molar-refractivity contribution in [3.8, 4) is 5.75 Å². The first-order valence-corrected chi connectivity index (χ1v) is 10.6. The van der Waals surface area contributed by atoms with Gasteiger partial charge in [0, 0.05) is 5.02 Å². The zero-order chi connectivity index (χ0) is 22.5. The third-order valence-electron chi connectivity index (χ3n) is 6.18. The minimum Gasteiger partial charge on any atom is -0.497 e. The Kier molecular flexibility index (Phi) is 4.92. The molecule has 5 rings (SSSR count). The number of amides is 2. The molecule has 0 aromatic heterocycles. The maximum atomic E-state index is 13.8. The van der Waals surface area contributed by atoms with Crippen molar-refractivity contribution in [2.75, 3.05) is 17.1 Å². The van der Waals surface area contributed by atoms with E-state index >= 15 is 0 Å². The summed E-state index contributed by atoms with van der Waals surface area (Å²) in [6, 6.07) is 23.1. The Labute approximate surface area is 190 Å². The average Bonchev–Trinajstić information content (AvgIpc) is 3.22. The number of imide groups is 1. The number of anilines is 2. The van der Waals surface area contributed by atoms with Gasteiger partial charge in [-0.2, -0.15) is 0 Å². The standard InChI is InChI=1S/C25H21ClN2O4/c1-25-21(16-11-13-20(31-2)14-12-16)28(18-8-4-3-5-9-18)32-22(25)23(29)27(24(25)30)19-10-6-7-17(26)15-19/h3-15,21-22H,1-2H3/t21-,22+,25+/m0/s1. The predicted octanol–water partition coefficient (Wildman–Crippen LogP) is 4.79. The Morgan fingerprint density at radius 3 is 2.28 bits per heavy atom. The van der Waals surface area contributed by atoms with E-state index in [2.05, 4.69) is 0 Å². The van der Waals surface area contributed by atoms with Crippen LogP contribution in [-0.2, 0) is 14.4 Å². The van der Waals surface area contributed by atoms with E-state index in [4.69, 9.17) is 21.2 Å². The van der Waals surface area contributed by atoms with Crippen molar-refractivity contribution in [3.05, 3.63) is 89.4 Å². The minimum atomic E-state index is -1.15. The summed E-state index contributed by atoms with van der Waals surface area (Å²) < 4.78 is 5.29. The van der Waals surface area contributed by atoms with E-state index in [9.17, 15) is 9.59 Å². The van der Waals surface area contributed by atoms with Gasteiger partial charge in [0.1, 0.15) is 11.2 Å². The van der Waals surface area contributed by atoms with Crippen LogP contribution in [0.3, 0.4) is 0 Å². The van der Waals surface area contributed by atoms with Crippen LogP contribution in [0.1, 0.15) is 18.5 Å². The molecule has 2 aliphatic rings. The molecule has 0 bridgehead atoms. The smallest absolute Gasteiger partial charge is 0.266 e. The van der Waals surface area contributed by atoms with Crippen molar-refractivity contribution in [1.29, 1.82) is 0 Å². The molecule has 2 amide bonds. The van der Waals surface area contributed by atoms with Gasteiger partial charge < -0.3 is 4.74 Å². The number of ether oxygens (including phenoxy) is 1. The summed E-state index contributed by atoms with van der Waals surface area (Å²) in [5, 5.41) is 2.13. The third kappa shape index (κ3) is 2.98. The third-order valence-corrected chi connectivity index (χ3v) is 6.42. The number of hydroxylamine groups is 1. The van der Waals surface area contributed by atoms with Gasteiger partial charge in [0.25, 0.3) is 5.91 Å².